The van der Waals surface area contributed by atoms with E-state index in [0.717, 1.165) is 79.3 Å². The van der Waals surface area contributed by atoms with E-state index < -0.39 is 0 Å². The number of rotatable bonds is 7. The second-order valence-electron chi connectivity index (χ2n) is 12.2. The lowest BCUT2D eigenvalue weighted by molar-refractivity contribution is 0.0332. The Morgan fingerprint density at radius 3 is 2.61 bits per heavy atom. The molecule has 3 aromatic heterocycles. The Hall–Kier alpha value is -3.62. The largest absolute Gasteiger partial charge is 0.379 e. The molecule has 41 heavy (non-hydrogen) atoms. The molecule has 3 aliphatic rings. The number of aryl methyl sites for hydroxylation is 1. The molecule has 0 N–H and O–H groups in total. The van der Waals surface area contributed by atoms with Crippen molar-refractivity contribution in [2.24, 2.45) is 12.5 Å². The molecule has 0 atom stereocenters. The van der Waals surface area contributed by atoms with Crippen LogP contribution >= 0.6 is 0 Å². The number of Topliss-reactive ketones (excluding diaryl/α,β-unsaturated/α-hetero) is 1. The van der Waals surface area contributed by atoms with E-state index in [1.165, 1.54) is 37.8 Å². The fourth-order valence-corrected chi connectivity index (χ4v) is 6.89. The van der Waals surface area contributed by atoms with Gasteiger partial charge in [-0.2, -0.15) is 5.10 Å². The summed E-state index contributed by atoms with van der Waals surface area (Å²) in [5, 5.41) is 6.72. The number of carbonyl (C=O) groups is 1. The van der Waals surface area contributed by atoms with E-state index in [-0.39, 0.29) is 12.2 Å². The van der Waals surface area contributed by atoms with Crippen LogP contribution in [0.5, 0.6) is 0 Å². The number of hydrogen-bond donors (Lipinski definition) is 0. The number of anilines is 1. The number of carbonyl (C=O) groups excluding carboxylic acids is 1. The lowest BCUT2D eigenvalue weighted by Crippen LogP contribution is -2.57. The van der Waals surface area contributed by atoms with Gasteiger partial charge in [-0.1, -0.05) is 31.4 Å². The first-order valence-corrected chi connectivity index (χ1v) is 15.0. The molecule has 1 saturated carbocycles. The van der Waals surface area contributed by atoms with Crippen molar-refractivity contribution in [1.29, 1.82) is 0 Å². The van der Waals surface area contributed by atoms with Crippen LogP contribution in [0, 0.1) is 5.41 Å². The molecule has 0 unspecified atom stereocenters. The second kappa shape index (κ2) is 11.0. The summed E-state index contributed by atoms with van der Waals surface area (Å²) in [7, 11) is 2.01. The molecular weight excluding hydrogens is 512 g/mol. The Morgan fingerprint density at radius 1 is 0.951 bits per heavy atom. The van der Waals surface area contributed by atoms with Crippen molar-refractivity contribution in [3.8, 4) is 11.1 Å². The van der Waals surface area contributed by atoms with Crippen molar-refractivity contribution in [3.63, 3.8) is 0 Å². The number of nitrogens with zero attached hydrogens (tertiary/aromatic N) is 6. The van der Waals surface area contributed by atoms with Crippen LogP contribution in [0.4, 0.5) is 5.82 Å². The van der Waals surface area contributed by atoms with Gasteiger partial charge in [0.05, 0.1) is 31.5 Å². The third kappa shape index (κ3) is 5.38. The van der Waals surface area contributed by atoms with Crippen LogP contribution in [-0.4, -0.2) is 69.8 Å². The molecule has 8 nitrogen and oxygen atoms in total. The van der Waals surface area contributed by atoms with Crippen molar-refractivity contribution < 1.29 is 9.53 Å². The molecule has 0 radical (unpaired) electrons. The van der Waals surface area contributed by atoms with Crippen LogP contribution in [0.15, 0.2) is 55.0 Å². The van der Waals surface area contributed by atoms with Crippen molar-refractivity contribution in [3.05, 3.63) is 71.9 Å². The molecule has 7 rings (SSSR count). The molecule has 1 spiro atoms. The van der Waals surface area contributed by atoms with Gasteiger partial charge in [-0.3, -0.25) is 19.4 Å². The molecule has 212 valence electrons. The predicted octanol–water partition coefficient (Wildman–Crippen LogP) is 5.06. The lowest BCUT2D eigenvalue weighted by atomic mass is 9.68. The average Bonchev–Trinajstić information content (AvgIpc) is 3.36. The minimum Gasteiger partial charge on any atom is -0.379 e. The molecule has 4 aromatic rings. The van der Waals surface area contributed by atoms with E-state index in [9.17, 15) is 4.79 Å². The quantitative estimate of drug-likeness (QED) is 0.298. The van der Waals surface area contributed by atoms with E-state index in [1.54, 1.807) is 6.20 Å². The standard InChI is InChI=1S/C33H38N6O2/c1-37-30(21-38-11-13-41-14-12-38)29(20-36-37)24-5-6-26-19-35-28(16-27(26)15-24)18-31(40)25-7-10-34-32(17-25)39-22-33(23-39)8-3-2-4-9-33/h5-7,10,15-17,19-20H,2-4,8-9,11-14,18,21-23H2,1H3. The first-order valence-electron chi connectivity index (χ1n) is 15.0. The van der Waals surface area contributed by atoms with Gasteiger partial charge in [0.1, 0.15) is 5.82 Å². The molecule has 0 bridgehead atoms. The highest BCUT2D eigenvalue weighted by molar-refractivity contribution is 5.98. The Labute approximate surface area is 241 Å². The van der Waals surface area contributed by atoms with Crippen LogP contribution in [0.3, 0.4) is 0 Å². The third-order valence-corrected chi connectivity index (χ3v) is 9.33. The zero-order valence-electron chi connectivity index (χ0n) is 23.9. The first-order chi connectivity index (χ1) is 20.1. The summed E-state index contributed by atoms with van der Waals surface area (Å²) >= 11 is 0. The van der Waals surface area contributed by atoms with Crippen molar-refractivity contribution in [2.75, 3.05) is 44.3 Å². The normalized spacial score (nSPS) is 19.0. The molecule has 8 heteroatoms. The van der Waals surface area contributed by atoms with Gasteiger partial charge in [-0.25, -0.2) is 4.98 Å². The summed E-state index contributed by atoms with van der Waals surface area (Å²) in [4.78, 5) is 27.3. The summed E-state index contributed by atoms with van der Waals surface area (Å²) in [5.74, 6) is 0.997. The fraction of sp³-hybridized carbons (Fsp3) is 0.455. The molecular formula is C33H38N6O2. The number of benzene rings is 1. The summed E-state index contributed by atoms with van der Waals surface area (Å²) in [5.41, 5.74) is 5.43. The zero-order chi connectivity index (χ0) is 27.8. The Balaban J connectivity index is 1.07. The molecule has 2 aliphatic heterocycles. The Morgan fingerprint density at radius 2 is 1.78 bits per heavy atom. The van der Waals surface area contributed by atoms with Crippen LogP contribution in [-0.2, 0) is 24.8 Å². The smallest absolute Gasteiger partial charge is 0.169 e. The molecule has 3 fully saturated rings. The summed E-state index contributed by atoms with van der Waals surface area (Å²) in [6.45, 7) is 6.39. The van der Waals surface area contributed by atoms with E-state index in [4.69, 9.17) is 4.74 Å². The highest BCUT2D eigenvalue weighted by Crippen LogP contribution is 2.45. The van der Waals surface area contributed by atoms with E-state index in [0.29, 0.717) is 11.0 Å². The first kappa shape index (κ1) is 26.3. The van der Waals surface area contributed by atoms with Gasteiger partial charge in [0.25, 0.3) is 0 Å². The highest BCUT2D eigenvalue weighted by atomic mass is 16.5. The van der Waals surface area contributed by atoms with Crippen LogP contribution in [0.1, 0.15) is 53.8 Å². The summed E-state index contributed by atoms with van der Waals surface area (Å²) in [6.07, 6.45) is 12.6. The number of aromatic nitrogens is 4. The van der Waals surface area contributed by atoms with Gasteiger partial charge in [0, 0.05) is 79.8 Å². The molecule has 2 saturated heterocycles. The van der Waals surface area contributed by atoms with Crippen molar-refractivity contribution >= 4 is 22.4 Å². The molecule has 5 heterocycles. The molecule has 1 aliphatic carbocycles. The zero-order valence-corrected chi connectivity index (χ0v) is 23.9. The minimum absolute atomic E-state index is 0.0737. The van der Waals surface area contributed by atoms with Gasteiger partial charge in [0.2, 0.25) is 0 Å². The van der Waals surface area contributed by atoms with Gasteiger partial charge in [0.15, 0.2) is 5.78 Å². The maximum absolute atomic E-state index is 13.3. The summed E-state index contributed by atoms with van der Waals surface area (Å²) < 4.78 is 7.50. The Bertz CT molecular complexity index is 1560. The highest BCUT2D eigenvalue weighted by Gasteiger charge is 2.43. The summed E-state index contributed by atoms with van der Waals surface area (Å²) in [6, 6.07) is 12.3. The van der Waals surface area contributed by atoms with Gasteiger partial charge < -0.3 is 9.64 Å². The molecule has 0 amide bonds. The number of ether oxygens (including phenoxy) is 1. The number of morpholine rings is 1. The number of fused-ring (bicyclic) bond motifs is 1. The third-order valence-electron chi connectivity index (χ3n) is 9.33. The fourth-order valence-electron chi connectivity index (χ4n) is 6.89. The Kier molecular flexibility index (Phi) is 7.04. The molecule has 1 aromatic carbocycles. The van der Waals surface area contributed by atoms with Crippen molar-refractivity contribution in [2.45, 2.75) is 45.1 Å². The number of ketones is 1. The monoisotopic (exact) mass is 550 g/mol. The van der Waals surface area contributed by atoms with Crippen molar-refractivity contribution in [1.82, 2.24) is 24.6 Å². The SMILES string of the molecule is Cn1ncc(-c2ccc3cnc(CC(=O)c4ccnc(N5CC6(CCCCC6)C5)c4)cc3c2)c1CN1CCOCC1. The number of hydrogen-bond acceptors (Lipinski definition) is 7. The van der Waals surface area contributed by atoms with Crippen LogP contribution < -0.4 is 4.90 Å². The topological polar surface area (TPSA) is 76.4 Å². The second-order valence-corrected chi connectivity index (χ2v) is 12.2. The lowest BCUT2D eigenvalue weighted by Gasteiger charge is -2.53. The average molecular weight is 551 g/mol. The van der Waals surface area contributed by atoms with E-state index in [1.807, 2.05) is 36.3 Å². The van der Waals surface area contributed by atoms with E-state index in [2.05, 4.69) is 49.1 Å². The predicted molar refractivity (Wildman–Crippen MR) is 160 cm³/mol. The maximum Gasteiger partial charge on any atom is 0.169 e. The maximum atomic E-state index is 13.3. The van der Waals surface area contributed by atoms with E-state index >= 15 is 0 Å². The van der Waals surface area contributed by atoms with Crippen LogP contribution in [0.2, 0.25) is 0 Å². The number of pyridine rings is 2. The minimum atomic E-state index is 0.0737. The van der Waals surface area contributed by atoms with Gasteiger partial charge in [-0.15, -0.1) is 0 Å². The van der Waals surface area contributed by atoms with Gasteiger partial charge in [-0.05, 0) is 48.1 Å². The van der Waals surface area contributed by atoms with Crippen LogP contribution in [0.25, 0.3) is 21.9 Å². The van der Waals surface area contributed by atoms with Gasteiger partial charge >= 0.3 is 0 Å².